The molecule has 0 aromatic heterocycles. The van der Waals surface area contributed by atoms with Gasteiger partial charge in [0, 0.05) is 19.6 Å². The van der Waals surface area contributed by atoms with Crippen molar-refractivity contribution < 1.29 is 9.90 Å². The quantitative estimate of drug-likeness (QED) is 0.866. The van der Waals surface area contributed by atoms with Gasteiger partial charge in [0.25, 0.3) is 0 Å². The third kappa shape index (κ3) is 3.07. The molecule has 0 radical (unpaired) electrons. The highest BCUT2D eigenvalue weighted by Crippen LogP contribution is 2.22. The van der Waals surface area contributed by atoms with Crippen LogP contribution in [0.3, 0.4) is 0 Å². The van der Waals surface area contributed by atoms with Crippen LogP contribution in [0.15, 0.2) is 18.2 Å². The van der Waals surface area contributed by atoms with Gasteiger partial charge in [-0.1, -0.05) is 23.8 Å². The van der Waals surface area contributed by atoms with Crippen molar-refractivity contribution in [3.63, 3.8) is 0 Å². The number of carbonyl (C=O) groups is 1. The average molecular weight is 233 g/mol. The molecule has 1 aliphatic rings. The van der Waals surface area contributed by atoms with Crippen LogP contribution < -0.4 is 0 Å². The van der Waals surface area contributed by atoms with E-state index < -0.39 is 5.97 Å². The SMILES string of the molecule is Cc1ccc(CN2CC(CC(=O)O)C2)c(C)c1. The van der Waals surface area contributed by atoms with Gasteiger partial charge in [-0.25, -0.2) is 0 Å². The number of carboxylic acids is 1. The van der Waals surface area contributed by atoms with Gasteiger partial charge in [-0.05, 0) is 30.9 Å². The van der Waals surface area contributed by atoms with Gasteiger partial charge in [0.2, 0.25) is 0 Å². The Hall–Kier alpha value is -1.35. The topological polar surface area (TPSA) is 40.5 Å². The number of rotatable bonds is 4. The van der Waals surface area contributed by atoms with Crippen LogP contribution in [0, 0.1) is 19.8 Å². The highest BCUT2D eigenvalue weighted by Gasteiger charge is 2.28. The van der Waals surface area contributed by atoms with Crippen molar-refractivity contribution in [1.82, 2.24) is 4.90 Å². The Labute approximate surface area is 102 Å². The first-order valence-corrected chi connectivity index (χ1v) is 6.05. The fraction of sp³-hybridized carbons (Fsp3) is 0.500. The van der Waals surface area contributed by atoms with E-state index in [0.29, 0.717) is 12.3 Å². The molecular formula is C14H19NO2. The monoisotopic (exact) mass is 233 g/mol. The molecule has 0 spiro atoms. The molecule has 1 aliphatic heterocycles. The molecule has 2 rings (SSSR count). The number of hydrogen-bond acceptors (Lipinski definition) is 2. The van der Waals surface area contributed by atoms with Gasteiger partial charge in [0.05, 0.1) is 6.42 Å². The normalized spacial score (nSPS) is 16.8. The van der Waals surface area contributed by atoms with E-state index in [0.717, 1.165) is 19.6 Å². The summed E-state index contributed by atoms with van der Waals surface area (Å²) < 4.78 is 0. The molecule has 1 heterocycles. The lowest BCUT2D eigenvalue weighted by molar-refractivity contribution is -0.139. The lowest BCUT2D eigenvalue weighted by Crippen LogP contribution is -2.46. The second-order valence-electron chi connectivity index (χ2n) is 5.09. The average Bonchev–Trinajstić information content (AvgIpc) is 2.17. The summed E-state index contributed by atoms with van der Waals surface area (Å²) in [7, 11) is 0. The van der Waals surface area contributed by atoms with Gasteiger partial charge in [0.15, 0.2) is 0 Å². The Morgan fingerprint density at radius 3 is 2.71 bits per heavy atom. The number of likely N-dealkylation sites (tertiary alicyclic amines) is 1. The molecule has 1 N–H and O–H groups in total. The number of carboxylic acid groups (broad SMARTS) is 1. The summed E-state index contributed by atoms with van der Waals surface area (Å²) in [5.41, 5.74) is 3.97. The van der Waals surface area contributed by atoms with E-state index in [4.69, 9.17) is 5.11 Å². The Morgan fingerprint density at radius 2 is 2.12 bits per heavy atom. The zero-order valence-corrected chi connectivity index (χ0v) is 10.4. The molecule has 1 aromatic carbocycles. The maximum Gasteiger partial charge on any atom is 0.303 e. The summed E-state index contributed by atoms with van der Waals surface area (Å²) in [6, 6.07) is 6.51. The third-order valence-corrected chi connectivity index (χ3v) is 3.39. The Kier molecular flexibility index (Phi) is 3.48. The van der Waals surface area contributed by atoms with Crippen molar-refractivity contribution in [2.75, 3.05) is 13.1 Å². The first-order valence-electron chi connectivity index (χ1n) is 6.05. The Bertz CT molecular complexity index is 422. The van der Waals surface area contributed by atoms with Gasteiger partial charge in [-0.15, -0.1) is 0 Å². The third-order valence-electron chi connectivity index (χ3n) is 3.39. The number of nitrogens with zero attached hydrogens (tertiary/aromatic N) is 1. The molecule has 0 amide bonds. The molecule has 0 aliphatic carbocycles. The summed E-state index contributed by atoms with van der Waals surface area (Å²) in [6.07, 6.45) is 0.309. The smallest absolute Gasteiger partial charge is 0.303 e. The minimum Gasteiger partial charge on any atom is -0.481 e. The van der Waals surface area contributed by atoms with Crippen LogP contribution in [0.4, 0.5) is 0 Å². The maximum absolute atomic E-state index is 10.5. The second kappa shape index (κ2) is 4.88. The van der Waals surface area contributed by atoms with E-state index in [2.05, 4.69) is 36.9 Å². The molecule has 0 saturated carbocycles. The van der Waals surface area contributed by atoms with Crippen LogP contribution in [0.1, 0.15) is 23.1 Å². The highest BCUT2D eigenvalue weighted by atomic mass is 16.4. The summed E-state index contributed by atoms with van der Waals surface area (Å²) in [6.45, 7) is 7.02. The largest absolute Gasteiger partial charge is 0.481 e. The fourth-order valence-corrected chi connectivity index (χ4v) is 2.45. The van der Waals surface area contributed by atoms with E-state index in [1.165, 1.54) is 16.7 Å². The standard InChI is InChI=1S/C14H19NO2/c1-10-3-4-13(11(2)5-10)9-15-7-12(8-15)6-14(16)17/h3-5,12H,6-9H2,1-2H3,(H,16,17). The lowest BCUT2D eigenvalue weighted by Gasteiger charge is -2.38. The molecule has 0 unspecified atom stereocenters. The molecular weight excluding hydrogens is 214 g/mol. The number of benzene rings is 1. The fourth-order valence-electron chi connectivity index (χ4n) is 2.45. The van der Waals surface area contributed by atoms with Gasteiger partial charge < -0.3 is 5.11 Å². The van der Waals surface area contributed by atoms with E-state index >= 15 is 0 Å². The van der Waals surface area contributed by atoms with E-state index in [9.17, 15) is 4.79 Å². The van der Waals surface area contributed by atoms with Gasteiger partial charge >= 0.3 is 5.97 Å². The number of aryl methyl sites for hydroxylation is 2. The Morgan fingerprint density at radius 1 is 1.41 bits per heavy atom. The molecule has 3 heteroatoms. The number of hydrogen-bond donors (Lipinski definition) is 1. The van der Waals surface area contributed by atoms with E-state index in [-0.39, 0.29) is 0 Å². The van der Waals surface area contributed by atoms with Crippen molar-refractivity contribution in [2.24, 2.45) is 5.92 Å². The zero-order chi connectivity index (χ0) is 12.4. The highest BCUT2D eigenvalue weighted by molar-refractivity contribution is 5.67. The minimum atomic E-state index is -0.679. The summed E-state index contributed by atoms with van der Waals surface area (Å²) in [5, 5.41) is 8.68. The minimum absolute atomic E-state index is 0.309. The van der Waals surface area contributed by atoms with Crippen molar-refractivity contribution >= 4 is 5.97 Å². The van der Waals surface area contributed by atoms with Crippen LogP contribution in [0.2, 0.25) is 0 Å². The van der Waals surface area contributed by atoms with Crippen LogP contribution >= 0.6 is 0 Å². The summed E-state index contributed by atoms with van der Waals surface area (Å²) in [5.74, 6) is -0.334. The van der Waals surface area contributed by atoms with Gasteiger partial charge in [-0.2, -0.15) is 0 Å². The van der Waals surface area contributed by atoms with Crippen LogP contribution in [0.25, 0.3) is 0 Å². The first-order chi connectivity index (χ1) is 8.04. The molecule has 1 fully saturated rings. The summed E-state index contributed by atoms with van der Waals surface area (Å²) in [4.78, 5) is 12.9. The van der Waals surface area contributed by atoms with Gasteiger partial charge in [-0.3, -0.25) is 9.69 Å². The van der Waals surface area contributed by atoms with E-state index in [1.54, 1.807) is 0 Å². The molecule has 0 bridgehead atoms. The molecule has 92 valence electrons. The zero-order valence-electron chi connectivity index (χ0n) is 10.4. The summed E-state index contributed by atoms with van der Waals surface area (Å²) >= 11 is 0. The molecule has 17 heavy (non-hydrogen) atoms. The Balaban J connectivity index is 1.85. The maximum atomic E-state index is 10.5. The molecule has 3 nitrogen and oxygen atoms in total. The van der Waals surface area contributed by atoms with Crippen LogP contribution in [-0.4, -0.2) is 29.1 Å². The van der Waals surface area contributed by atoms with Gasteiger partial charge in [0.1, 0.15) is 0 Å². The molecule has 0 atom stereocenters. The van der Waals surface area contributed by atoms with Crippen molar-refractivity contribution in [3.8, 4) is 0 Å². The first kappa shape index (κ1) is 12.1. The second-order valence-corrected chi connectivity index (χ2v) is 5.09. The lowest BCUT2D eigenvalue weighted by atomic mass is 9.95. The van der Waals surface area contributed by atoms with E-state index in [1.807, 2.05) is 0 Å². The van der Waals surface area contributed by atoms with Crippen molar-refractivity contribution in [2.45, 2.75) is 26.8 Å². The van der Waals surface area contributed by atoms with Crippen molar-refractivity contribution in [1.29, 1.82) is 0 Å². The molecule has 1 aromatic rings. The predicted octanol–water partition coefficient (Wildman–Crippen LogP) is 2.21. The predicted molar refractivity (Wildman–Crippen MR) is 66.9 cm³/mol. The number of aliphatic carboxylic acids is 1. The van der Waals surface area contributed by atoms with Crippen LogP contribution in [0.5, 0.6) is 0 Å². The van der Waals surface area contributed by atoms with Crippen LogP contribution in [-0.2, 0) is 11.3 Å². The van der Waals surface area contributed by atoms with Crippen molar-refractivity contribution in [3.05, 3.63) is 34.9 Å². The molecule has 1 saturated heterocycles.